The first-order valence-electron chi connectivity index (χ1n) is 40.8. The van der Waals surface area contributed by atoms with Crippen molar-refractivity contribution in [1.82, 2.24) is 63.0 Å². The van der Waals surface area contributed by atoms with E-state index >= 15 is 0 Å². The zero-order valence-electron chi connectivity index (χ0n) is 77.9. The largest absolute Gasteiger partial charge is 0.330 e. The van der Waals surface area contributed by atoms with Crippen LogP contribution in [0, 0.1) is 23.7 Å². The molecular formula is C85H180N14O12. The number of ketones is 12. The van der Waals surface area contributed by atoms with Gasteiger partial charge in [-0.25, -0.2) is 0 Å². The maximum absolute atomic E-state index is 11.0. The van der Waals surface area contributed by atoms with Crippen molar-refractivity contribution in [1.29, 1.82) is 0 Å². The van der Waals surface area contributed by atoms with Crippen LogP contribution in [-0.2, 0) is 57.5 Å². The second-order valence-electron chi connectivity index (χ2n) is 29.1. The van der Waals surface area contributed by atoms with E-state index in [0.717, 1.165) is 123 Å². The number of carbonyl (C=O) groups is 12. The molecule has 0 aromatic rings. The van der Waals surface area contributed by atoms with E-state index in [1.165, 1.54) is 12.8 Å². The summed E-state index contributed by atoms with van der Waals surface area (Å²) in [6.45, 7) is 44.4. The molecule has 0 radical (unpaired) electrons. The average molecular weight is 1590 g/mol. The molecule has 0 unspecified atom stereocenters. The van der Waals surface area contributed by atoms with Crippen molar-refractivity contribution < 1.29 is 57.5 Å². The number of hydrogen-bond donors (Lipinski definition) is 12. The molecule has 1 aliphatic heterocycles. The molecule has 662 valence electrons. The monoisotopic (exact) mass is 1590 g/mol. The Kier molecular flexibility index (Phi) is 108. The average Bonchev–Trinajstić information content (AvgIpc) is 0.894. The number of nitrogens with zero attached hydrogens (tertiary/aromatic N) is 2. The van der Waals surface area contributed by atoms with Crippen molar-refractivity contribution in [3.8, 4) is 0 Å². The topological polar surface area (TPSA) is 384 Å². The molecule has 0 bridgehead atoms. The molecule has 26 heteroatoms. The maximum atomic E-state index is 11.0. The fraction of sp³-hybridized carbons (Fsp3) is 0.835. The Labute approximate surface area is 680 Å². The Bertz CT molecular complexity index is 2210. The Morgan fingerprint density at radius 3 is 1.02 bits per heavy atom. The van der Waals surface area contributed by atoms with E-state index in [2.05, 4.69) is 71.9 Å². The van der Waals surface area contributed by atoms with Gasteiger partial charge in [0.2, 0.25) is 0 Å². The van der Waals surface area contributed by atoms with E-state index in [0.29, 0.717) is 42.3 Å². The van der Waals surface area contributed by atoms with Crippen LogP contribution in [0.25, 0.3) is 0 Å². The predicted molar refractivity (Wildman–Crippen MR) is 470 cm³/mol. The van der Waals surface area contributed by atoms with Crippen molar-refractivity contribution in [2.24, 2.45) is 35.1 Å². The zero-order valence-corrected chi connectivity index (χ0v) is 77.9. The SMILES string of the molecule is CC(=O)[C@@H](CN)N(C)C.CC(=O)[C@H]1CCCCN1C.CCC[C@@H](NC)C(C)=O.CCC[C@@H](NC)C(C)=O.CC[C@@H](NC)C(C)=O.CNC/C=C/C[C@H](C)C(C)=O.CNCCC[C@@H](C)C(C)=O.CNCCC[C@H](C)C(C)=O.CN[C@@H](C)C(C)=O.CN[C@H](C(C)=O)C(C)C.CN[C@H](C)C(C)=O.CN[C@H](CCCCN)CC(C)=O. The van der Waals surface area contributed by atoms with E-state index in [1.54, 1.807) is 104 Å². The normalized spacial score (nSPS) is 14.7. The summed E-state index contributed by atoms with van der Waals surface area (Å²) < 4.78 is 0. The number of likely N-dealkylation sites (tertiary alicyclic amines) is 1. The van der Waals surface area contributed by atoms with E-state index < -0.39 is 0 Å². The molecule has 0 aliphatic carbocycles. The number of Topliss-reactive ketones (excluding diaryl/α,β-unsaturated/α-hetero) is 12. The number of hydrogen-bond acceptors (Lipinski definition) is 26. The van der Waals surface area contributed by atoms with Crippen LogP contribution in [0.2, 0.25) is 0 Å². The number of rotatable bonds is 44. The fourth-order valence-corrected chi connectivity index (χ4v) is 9.59. The highest BCUT2D eigenvalue weighted by Crippen LogP contribution is 2.15. The summed E-state index contributed by atoms with van der Waals surface area (Å²) in [5.74, 6) is 3.89. The summed E-state index contributed by atoms with van der Waals surface area (Å²) in [5.41, 5.74) is 10.7. The standard InChI is InChI=1S/C9H20N2O.C9H17NO.C8H15NO.2C8H17NO.3C7H15NO.C6H14N2O.C6H13NO.2C5H11NO/c1-8(12)7-9(11-2)5-3-4-6-10;1-8(9(2)11)6-4-5-7-10-3;1-7(10)8-5-3-4-6-9(8)2;2*1-7(8(2)10)5-4-6-9-3;1-5(2)7(8-4)6(3)9;2*1-4-5-7(8-3)6(2)9;1-5(9)6(4-7)8(2)3;1-4-6(7-3)5(2)8;2*1-4(6-3)5(2)7/h9,11H,3-7,10H2,1-2H3;4-5,8,10H,6-7H2,1-3H3;8H,3-6H2,1-2H3;2*7,9H,4-6H2,1-3H3;5,7-8H,1-4H3;2*7-8H,4-5H2,1-3H3;6H,4,7H2,1-3H3;6-7H,4H2,1-3H3;2*4,6H,1-3H3/b;5-4+;;;;;;;;;;/t9-;2*8-;5*7-;2*6-;2*4-/m101100111110/s1. The minimum Gasteiger partial charge on any atom is -0.330 e. The van der Waals surface area contributed by atoms with Gasteiger partial charge in [0, 0.05) is 43.3 Å². The van der Waals surface area contributed by atoms with Crippen LogP contribution in [0.4, 0.5) is 0 Å². The Morgan fingerprint density at radius 2 is 0.847 bits per heavy atom. The highest BCUT2D eigenvalue weighted by Gasteiger charge is 2.22. The fourth-order valence-electron chi connectivity index (χ4n) is 9.59. The zero-order chi connectivity index (χ0) is 89.3. The quantitative estimate of drug-likeness (QED) is 0.0200. The van der Waals surface area contributed by atoms with E-state index in [1.807, 2.05) is 143 Å². The lowest BCUT2D eigenvalue weighted by Gasteiger charge is -2.30. The molecule has 1 aliphatic rings. The number of nitrogens with one attached hydrogen (secondary N) is 10. The van der Waals surface area contributed by atoms with Crippen LogP contribution in [0.1, 0.15) is 261 Å². The number of nitrogens with two attached hydrogens (primary N) is 2. The lowest BCUT2D eigenvalue weighted by Crippen LogP contribution is -2.40. The van der Waals surface area contributed by atoms with Crippen LogP contribution in [0.5, 0.6) is 0 Å². The minimum absolute atomic E-state index is 0.0139. The lowest BCUT2D eigenvalue weighted by atomic mass is 10.0. The van der Waals surface area contributed by atoms with Gasteiger partial charge in [-0.2, -0.15) is 0 Å². The number of carbonyl (C=O) groups excluding carboxylic acids is 12. The van der Waals surface area contributed by atoms with Gasteiger partial charge in [0.25, 0.3) is 0 Å². The van der Waals surface area contributed by atoms with Gasteiger partial charge in [-0.05, 0) is 298 Å². The number of unbranched alkanes of at least 4 members (excludes halogenated alkanes) is 1. The molecule has 0 saturated carbocycles. The van der Waals surface area contributed by atoms with E-state index in [4.69, 9.17) is 11.5 Å². The van der Waals surface area contributed by atoms with Crippen molar-refractivity contribution >= 4 is 69.4 Å². The van der Waals surface area contributed by atoms with Gasteiger partial charge >= 0.3 is 0 Å². The molecule has 1 fully saturated rings. The summed E-state index contributed by atoms with van der Waals surface area (Å²) in [6, 6.07) is 0.734. The highest BCUT2D eigenvalue weighted by atomic mass is 16.2. The van der Waals surface area contributed by atoms with Crippen LogP contribution in [0.3, 0.4) is 0 Å². The molecule has 1 saturated heterocycles. The molecule has 111 heavy (non-hydrogen) atoms. The molecule has 0 amide bonds. The lowest BCUT2D eigenvalue weighted by molar-refractivity contribution is -0.123. The molecule has 0 aromatic carbocycles. The third-order valence-corrected chi connectivity index (χ3v) is 18.3. The highest BCUT2D eigenvalue weighted by molar-refractivity contribution is 5.84. The molecule has 26 nitrogen and oxygen atoms in total. The van der Waals surface area contributed by atoms with Crippen LogP contribution >= 0.6 is 0 Å². The van der Waals surface area contributed by atoms with Gasteiger partial charge in [0.05, 0.1) is 48.3 Å². The molecule has 1 heterocycles. The van der Waals surface area contributed by atoms with Crippen molar-refractivity contribution in [2.75, 3.05) is 131 Å². The summed E-state index contributed by atoms with van der Waals surface area (Å²) in [4.78, 5) is 132. The predicted octanol–water partition coefficient (Wildman–Crippen LogP) is 8.69. The Balaban J connectivity index is -0.000000109. The third kappa shape index (κ3) is 97.5. The van der Waals surface area contributed by atoms with Crippen LogP contribution < -0.4 is 64.6 Å². The molecular weight excluding hydrogens is 1410 g/mol. The number of likely N-dealkylation sites (N-methyl/N-ethyl adjacent to an activating group) is 9. The summed E-state index contributed by atoms with van der Waals surface area (Å²) in [7, 11) is 24.2. The maximum Gasteiger partial charge on any atom is 0.148 e. The molecule has 14 N–H and O–H groups in total. The Hall–Kier alpha value is -4.78. The second-order valence-corrected chi connectivity index (χ2v) is 29.1. The van der Waals surface area contributed by atoms with Crippen molar-refractivity contribution in [3.63, 3.8) is 0 Å². The molecule has 1 rings (SSSR count). The van der Waals surface area contributed by atoms with Gasteiger partial charge in [0.15, 0.2) is 0 Å². The first-order valence-corrected chi connectivity index (χ1v) is 40.8. The first-order chi connectivity index (χ1) is 51.7. The summed E-state index contributed by atoms with van der Waals surface area (Å²) >= 11 is 0. The third-order valence-electron chi connectivity index (χ3n) is 18.3. The first kappa shape index (κ1) is 130. The van der Waals surface area contributed by atoms with Gasteiger partial charge < -0.3 is 64.6 Å². The molecule has 0 aromatic heterocycles. The molecule has 12 atom stereocenters. The van der Waals surface area contributed by atoms with Crippen molar-refractivity contribution in [3.05, 3.63) is 12.2 Å². The second kappa shape index (κ2) is 92.4. The van der Waals surface area contributed by atoms with E-state index in [9.17, 15) is 57.5 Å². The Morgan fingerprint density at radius 1 is 0.441 bits per heavy atom. The van der Waals surface area contributed by atoms with Crippen LogP contribution in [0.15, 0.2) is 12.2 Å². The van der Waals surface area contributed by atoms with Gasteiger partial charge in [-0.15, -0.1) is 0 Å². The van der Waals surface area contributed by atoms with Gasteiger partial charge in [0.1, 0.15) is 69.4 Å². The van der Waals surface area contributed by atoms with Crippen molar-refractivity contribution in [2.45, 2.75) is 316 Å². The molecule has 0 spiro atoms. The summed E-state index contributed by atoms with van der Waals surface area (Å²) in [5, 5.41) is 29.6. The van der Waals surface area contributed by atoms with E-state index in [-0.39, 0.29) is 118 Å². The summed E-state index contributed by atoms with van der Waals surface area (Å²) in [6.07, 6.45) is 21.4. The van der Waals surface area contributed by atoms with Crippen LogP contribution in [-0.4, -0.2) is 264 Å². The smallest absolute Gasteiger partial charge is 0.148 e. The minimum atomic E-state index is -0.106. The number of piperidine rings is 1. The van der Waals surface area contributed by atoms with Gasteiger partial charge in [-0.1, -0.05) is 93.2 Å². The van der Waals surface area contributed by atoms with Gasteiger partial charge in [-0.3, -0.25) is 67.3 Å². The number of allylic oxidation sites excluding steroid dienone is 1.